The van der Waals surface area contributed by atoms with Crippen molar-refractivity contribution in [3.05, 3.63) is 48.5 Å². The van der Waals surface area contributed by atoms with E-state index >= 15 is 0 Å². The fourth-order valence-corrected chi connectivity index (χ4v) is 4.73. The number of rotatable bonds is 8. The molecule has 2 aliphatic heterocycles. The Morgan fingerprint density at radius 3 is 1.93 bits per heavy atom. The first-order chi connectivity index (χ1) is 20.2. The topological polar surface area (TPSA) is 105 Å². The fraction of sp³-hybridized carbons (Fsp3) is 0.581. The van der Waals surface area contributed by atoms with Gasteiger partial charge in [-0.2, -0.15) is 0 Å². The van der Waals surface area contributed by atoms with Crippen molar-refractivity contribution < 1.29 is 19.0 Å². The molecule has 0 saturated carbocycles. The Labute approximate surface area is 285 Å². The van der Waals surface area contributed by atoms with Crippen molar-refractivity contribution in [2.75, 3.05) is 113 Å². The minimum absolute atomic E-state index is 0. The van der Waals surface area contributed by atoms with E-state index in [0.717, 1.165) is 75.7 Å². The van der Waals surface area contributed by atoms with Gasteiger partial charge in [-0.05, 0) is 45.0 Å². The van der Waals surface area contributed by atoms with E-state index in [1.165, 1.54) is 11.4 Å². The number of carbonyl (C=O) groups is 1. The fourth-order valence-electron chi connectivity index (χ4n) is 4.40. The Bertz CT molecular complexity index is 1030. The van der Waals surface area contributed by atoms with Crippen LogP contribution in [0.4, 0.5) is 27.5 Å². The predicted octanol–water partition coefficient (Wildman–Crippen LogP) is 5.35. The van der Waals surface area contributed by atoms with Gasteiger partial charge in [-0.25, -0.2) is 4.79 Å². The molecule has 1 amide bonds. The predicted molar refractivity (Wildman–Crippen MR) is 193 cm³/mol. The van der Waals surface area contributed by atoms with Crippen molar-refractivity contribution in [2.45, 2.75) is 26.4 Å². The molecule has 2 fully saturated rings. The van der Waals surface area contributed by atoms with E-state index in [1.54, 1.807) is 19.1 Å². The molecule has 252 valence electrons. The second-order valence-electron chi connectivity index (χ2n) is 10.9. The van der Waals surface area contributed by atoms with Gasteiger partial charge in [0.05, 0.1) is 36.0 Å². The summed E-state index contributed by atoms with van der Waals surface area (Å²) in [7, 11) is 3.41. The number of hydrogen-bond acceptors (Lipinski definition) is 9. The van der Waals surface area contributed by atoms with Gasteiger partial charge in [0.25, 0.3) is 0 Å². The van der Waals surface area contributed by atoms with Gasteiger partial charge < -0.3 is 45.3 Å². The van der Waals surface area contributed by atoms with Crippen LogP contribution >= 0.6 is 40.7 Å². The highest BCUT2D eigenvalue weighted by Crippen LogP contribution is 2.26. The first kappa shape index (κ1) is 41.9. The largest absolute Gasteiger partial charge is 0.444 e. The summed E-state index contributed by atoms with van der Waals surface area (Å²) < 4.78 is 15.1. The first-order valence-electron chi connectivity index (χ1n) is 14.6. The molecule has 0 aromatic heterocycles. The van der Waals surface area contributed by atoms with Crippen LogP contribution in [0.2, 0.25) is 0 Å². The number of hydrogen-bond donors (Lipinski definition) is 3. The molecule has 0 aliphatic carbocycles. The molecule has 0 bridgehead atoms. The molecule has 0 spiro atoms. The summed E-state index contributed by atoms with van der Waals surface area (Å²) in [5.41, 5.74) is 9.85. The zero-order valence-electron chi connectivity index (χ0n) is 26.9. The third kappa shape index (κ3) is 15.7. The van der Waals surface area contributed by atoms with Gasteiger partial charge in [-0.3, -0.25) is 0 Å². The minimum atomic E-state index is -0.446. The summed E-state index contributed by atoms with van der Waals surface area (Å²) >= 11 is 3.18. The van der Waals surface area contributed by atoms with Crippen LogP contribution in [0, 0.1) is 0 Å². The van der Waals surface area contributed by atoms with Gasteiger partial charge >= 0.3 is 6.09 Å². The smallest absolute Gasteiger partial charge is 0.410 e. The average Bonchev–Trinajstić information content (AvgIpc) is 2.99. The van der Waals surface area contributed by atoms with Gasteiger partial charge in [0.15, 0.2) is 0 Å². The number of halogens is 3. The van der Waals surface area contributed by atoms with Crippen molar-refractivity contribution in [1.82, 2.24) is 10.2 Å². The molecule has 4 N–H and O–H groups in total. The van der Waals surface area contributed by atoms with Crippen LogP contribution in [-0.2, 0) is 14.2 Å². The van der Waals surface area contributed by atoms with E-state index in [2.05, 4.69) is 65.4 Å². The van der Waals surface area contributed by atoms with E-state index in [4.69, 9.17) is 15.2 Å². The molecule has 4 rings (SSSR count). The van der Waals surface area contributed by atoms with Crippen molar-refractivity contribution in [3.8, 4) is 0 Å². The van der Waals surface area contributed by atoms with Gasteiger partial charge in [0.1, 0.15) is 5.60 Å². The Morgan fingerprint density at radius 1 is 0.864 bits per heavy atom. The lowest BCUT2D eigenvalue weighted by atomic mass is 10.2. The summed E-state index contributed by atoms with van der Waals surface area (Å²) in [6.45, 7) is 15.1. The molecule has 2 aliphatic rings. The molecule has 2 heterocycles. The Balaban J connectivity index is 0.000000707. The third-order valence-corrected chi connectivity index (χ3v) is 6.80. The normalized spacial score (nSPS) is 14.5. The van der Waals surface area contributed by atoms with Crippen LogP contribution in [0.3, 0.4) is 0 Å². The van der Waals surface area contributed by atoms with E-state index in [9.17, 15) is 4.79 Å². The van der Waals surface area contributed by atoms with Gasteiger partial charge in [0.2, 0.25) is 0 Å². The molecule has 2 saturated heterocycles. The number of amides is 1. The molecular weight excluding hydrogens is 671 g/mol. The molecular formula is C31H53BrCl2N6O4. The highest BCUT2D eigenvalue weighted by atomic mass is 79.9. The van der Waals surface area contributed by atoms with Gasteiger partial charge in [-0.1, -0.05) is 40.2 Å². The highest BCUT2D eigenvalue weighted by molar-refractivity contribution is 9.09. The molecule has 0 atom stereocenters. The Kier molecular flexibility index (Phi) is 22.1. The highest BCUT2D eigenvalue weighted by Gasteiger charge is 2.26. The van der Waals surface area contributed by atoms with Crippen molar-refractivity contribution in [1.29, 1.82) is 0 Å². The number of benzene rings is 2. The monoisotopic (exact) mass is 722 g/mol. The SMILES string of the molecule is CC(C)(C)OC(=O)N1CCN(c2ccccc2N)CC1.COCCBr.COCCNc1ccccc1N1CCNCC1.Cl.Cl. The first-order valence-corrected chi connectivity index (χ1v) is 15.7. The Hall–Kier alpha value is -2.15. The van der Waals surface area contributed by atoms with Crippen molar-refractivity contribution >= 4 is 69.6 Å². The van der Waals surface area contributed by atoms with Crippen LogP contribution in [0.25, 0.3) is 0 Å². The van der Waals surface area contributed by atoms with E-state index in [-0.39, 0.29) is 30.9 Å². The van der Waals surface area contributed by atoms with Crippen molar-refractivity contribution in [2.24, 2.45) is 0 Å². The summed E-state index contributed by atoms with van der Waals surface area (Å²) in [5.74, 6) is 0. The van der Waals surface area contributed by atoms with Crippen LogP contribution in [0.5, 0.6) is 0 Å². The molecule has 0 unspecified atom stereocenters. The summed E-state index contributed by atoms with van der Waals surface area (Å²) in [6, 6.07) is 16.3. The number of methoxy groups -OCH3 is 2. The lowest BCUT2D eigenvalue weighted by Crippen LogP contribution is -2.50. The third-order valence-electron chi connectivity index (χ3n) is 6.47. The van der Waals surface area contributed by atoms with E-state index < -0.39 is 5.60 Å². The number of nitrogen functional groups attached to an aromatic ring is 1. The molecule has 44 heavy (non-hydrogen) atoms. The van der Waals surface area contributed by atoms with E-state index in [1.807, 2.05) is 45.0 Å². The average molecular weight is 725 g/mol. The number of carbonyl (C=O) groups excluding carboxylic acids is 1. The Morgan fingerprint density at radius 2 is 1.41 bits per heavy atom. The number of para-hydroxylation sites is 4. The number of ether oxygens (including phenoxy) is 3. The zero-order valence-corrected chi connectivity index (χ0v) is 30.1. The number of piperazine rings is 2. The number of nitrogens with two attached hydrogens (primary N) is 1. The standard InChI is InChI=1S/C15H23N3O2.C13H21N3O.C3H7BrO.2ClH/c1-15(2,3)20-14(19)18-10-8-17(9-11-18)13-7-5-4-6-12(13)16;1-17-11-8-15-12-4-2-3-5-13(12)16-9-6-14-7-10-16;1-5-3-2-4;;/h4-7H,8-11,16H2,1-3H3;2-5,14-15H,6-11H2,1H3;2-3H2,1H3;2*1H. The molecule has 0 radical (unpaired) electrons. The number of alkyl halides is 1. The molecule has 13 heteroatoms. The lowest BCUT2D eigenvalue weighted by Gasteiger charge is -2.37. The number of nitrogens with zero attached hydrogens (tertiary/aromatic N) is 3. The summed E-state index contributed by atoms with van der Waals surface area (Å²) in [5, 5.41) is 7.73. The second-order valence-corrected chi connectivity index (χ2v) is 11.7. The molecule has 2 aromatic rings. The summed E-state index contributed by atoms with van der Waals surface area (Å²) in [4.78, 5) is 18.4. The number of nitrogens with one attached hydrogen (secondary N) is 2. The second kappa shape index (κ2) is 23.2. The zero-order chi connectivity index (χ0) is 30.8. The maximum Gasteiger partial charge on any atom is 0.410 e. The van der Waals surface area contributed by atoms with Crippen LogP contribution in [0.15, 0.2) is 48.5 Å². The summed E-state index contributed by atoms with van der Waals surface area (Å²) in [6.07, 6.45) is -0.238. The quantitative estimate of drug-likeness (QED) is 0.189. The minimum Gasteiger partial charge on any atom is -0.444 e. The lowest BCUT2D eigenvalue weighted by molar-refractivity contribution is 0.0240. The molecule has 10 nitrogen and oxygen atoms in total. The maximum atomic E-state index is 12.0. The van der Waals surface area contributed by atoms with Crippen molar-refractivity contribution in [3.63, 3.8) is 0 Å². The van der Waals surface area contributed by atoms with Gasteiger partial charge in [0, 0.05) is 78.5 Å². The van der Waals surface area contributed by atoms with Crippen LogP contribution < -0.4 is 26.2 Å². The maximum absolute atomic E-state index is 12.0. The van der Waals surface area contributed by atoms with Crippen LogP contribution in [-0.4, -0.2) is 108 Å². The molecule has 2 aromatic carbocycles. The van der Waals surface area contributed by atoms with Gasteiger partial charge in [-0.15, -0.1) is 24.8 Å². The van der Waals surface area contributed by atoms with E-state index in [0.29, 0.717) is 13.1 Å². The van der Waals surface area contributed by atoms with Crippen LogP contribution in [0.1, 0.15) is 20.8 Å². The number of anilines is 4.